The number of hydrogen-bond acceptors (Lipinski definition) is 0. The normalized spacial score (nSPS) is 11.3. The molecule has 1 nitrogen and oxygen atoms in total. The molecule has 4 aromatic rings. The van der Waals surface area contributed by atoms with Gasteiger partial charge in [-0.1, -0.05) is 48.0 Å². The standard InChI is InChI=1S/C18H11BrClN/c19-16-9-4-8-15-14-7-1-2-10-17(14)21(18(15)16)13-6-3-5-12(20)11-13/h1-11H. The molecule has 21 heavy (non-hydrogen) atoms. The van der Waals surface area contributed by atoms with Crippen LogP contribution in [0.2, 0.25) is 5.02 Å². The highest BCUT2D eigenvalue weighted by molar-refractivity contribution is 9.10. The van der Waals surface area contributed by atoms with Gasteiger partial charge in [0, 0.05) is 26.0 Å². The number of hydrogen-bond donors (Lipinski definition) is 0. The summed E-state index contributed by atoms with van der Waals surface area (Å²) >= 11 is 9.87. The Morgan fingerprint density at radius 2 is 1.57 bits per heavy atom. The molecule has 0 radical (unpaired) electrons. The molecule has 0 saturated heterocycles. The zero-order valence-corrected chi connectivity index (χ0v) is 13.4. The molecule has 3 heteroatoms. The minimum absolute atomic E-state index is 0.741. The van der Waals surface area contributed by atoms with E-state index in [1.807, 2.05) is 18.2 Å². The fourth-order valence-electron chi connectivity index (χ4n) is 2.86. The van der Waals surface area contributed by atoms with Crippen LogP contribution in [-0.2, 0) is 0 Å². The van der Waals surface area contributed by atoms with Crippen LogP contribution < -0.4 is 0 Å². The first-order valence-electron chi connectivity index (χ1n) is 6.69. The molecule has 0 atom stereocenters. The summed E-state index contributed by atoms with van der Waals surface area (Å²) < 4.78 is 3.33. The van der Waals surface area contributed by atoms with Gasteiger partial charge in [0.15, 0.2) is 0 Å². The minimum atomic E-state index is 0.741. The highest BCUT2D eigenvalue weighted by Gasteiger charge is 2.13. The number of rotatable bonds is 1. The van der Waals surface area contributed by atoms with Gasteiger partial charge in [-0.2, -0.15) is 0 Å². The summed E-state index contributed by atoms with van der Waals surface area (Å²) in [5, 5.41) is 3.22. The molecule has 4 rings (SSSR count). The van der Waals surface area contributed by atoms with E-state index in [0.29, 0.717) is 0 Å². The van der Waals surface area contributed by atoms with Crippen molar-refractivity contribution in [1.82, 2.24) is 4.57 Å². The lowest BCUT2D eigenvalue weighted by Crippen LogP contribution is -1.93. The van der Waals surface area contributed by atoms with Crippen LogP contribution >= 0.6 is 27.5 Å². The monoisotopic (exact) mass is 355 g/mol. The molecule has 0 aliphatic carbocycles. The molecule has 1 aromatic heterocycles. The van der Waals surface area contributed by atoms with E-state index in [-0.39, 0.29) is 0 Å². The van der Waals surface area contributed by atoms with Crippen LogP contribution in [0.3, 0.4) is 0 Å². The minimum Gasteiger partial charge on any atom is -0.308 e. The third-order valence-electron chi connectivity index (χ3n) is 3.71. The second-order valence-corrected chi connectivity index (χ2v) is 6.26. The SMILES string of the molecule is Clc1cccc(-n2c3ccccc3c3cccc(Br)c32)c1. The Hall–Kier alpha value is -1.77. The van der Waals surface area contributed by atoms with Gasteiger partial charge < -0.3 is 4.57 Å². The van der Waals surface area contributed by atoms with Crippen molar-refractivity contribution in [3.8, 4) is 5.69 Å². The lowest BCUT2D eigenvalue weighted by molar-refractivity contribution is 1.18. The van der Waals surface area contributed by atoms with E-state index in [4.69, 9.17) is 11.6 Å². The van der Waals surface area contributed by atoms with E-state index in [9.17, 15) is 0 Å². The third-order valence-corrected chi connectivity index (χ3v) is 4.59. The average Bonchev–Trinajstić information content (AvgIpc) is 2.83. The average molecular weight is 357 g/mol. The Morgan fingerprint density at radius 3 is 2.43 bits per heavy atom. The van der Waals surface area contributed by atoms with Crippen molar-refractivity contribution in [2.75, 3.05) is 0 Å². The molecule has 0 fully saturated rings. The summed E-state index contributed by atoms with van der Waals surface area (Å²) in [7, 11) is 0. The van der Waals surface area contributed by atoms with Gasteiger partial charge in [0.2, 0.25) is 0 Å². The second-order valence-electron chi connectivity index (χ2n) is 4.97. The molecule has 0 unspecified atom stereocenters. The smallest absolute Gasteiger partial charge is 0.0683 e. The highest BCUT2D eigenvalue weighted by Crippen LogP contribution is 2.36. The van der Waals surface area contributed by atoms with Crippen molar-refractivity contribution in [3.63, 3.8) is 0 Å². The first-order chi connectivity index (χ1) is 10.3. The van der Waals surface area contributed by atoms with Crippen LogP contribution in [0, 0.1) is 0 Å². The van der Waals surface area contributed by atoms with Crippen molar-refractivity contribution in [1.29, 1.82) is 0 Å². The number of halogens is 2. The van der Waals surface area contributed by atoms with E-state index < -0.39 is 0 Å². The molecule has 0 aliphatic heterocycles. The lowest BCUT2D eigenvalue weighted by atomic mass is 10.2. The van der Waals surface area contributed by atoms with E-state index in [0.717, 1.165) is 15.2 Å². The van der Waals surface area contributed by atoms with Crippen molar-refractivity contribution in [2.24, 2.45) is 0 Å². The highest BCUT2D eigenvalue weighted by atomic mass is 79.9. The topological polar surface area (TPSA) is 4.93 Å². The van der Waals surface area contributed by atoms with Gasteiger partial charge in [-0.25, -0.2) is 0 Å². The fourth-order valence-corrected chi connectivity index (χ4v) is 3.59. The number of aromatic nitrogens is 1. The molecule has 0 saturated carbocycles. The van der Waals surface area contributed by atoms with Gasteiger partial charge in [0.1, 0.15) is 0 Å². The van der Waals surface area contributed by atoms with Crippen LogP contribution in [0.1, 0.15) is 0 Å². The molecular formula is C18H11BrClN. The maximum Gasteiger partial charge on any atom is 0.0683 e. The van der Waals surface area contributed by atoms with Gasteiger partial charge in [-0.05, 0) is 46.3 Å². The van der Waals surface area contributed by atoms with Crippen LogP contribution in [-0.4, -0.2) is 4.57 Å². The second kappa shape index (κ2) is 4.90. The number of nitrogens with zero attached hydrogens (tertiary/aromatic N) is 1. The molecular weight excluding hydrogens is 346 g/mol. The third kappa shape index (κ3) is 1.98. The van der Waals surface area contributed by atoms with E-state index in [1.54, 1.807) is 0 Å². The zero-order valence-electron chi connectivity index (χ0n) is 11.1. The Balaban J connectivity index is 2.24. The first kappa shape index (κ1) is 12.9. The molecule has 0 amide bonds. The van der Waals surface area contributed by atoms with Crippen molar-refractivity contribution in [3.05, 3.63) is 76.2 Å². The summed E-state index contributed by atoms with van der Waals surface area (Å²) in [5.74, 6) is 0. The predicted octanol–water partition coefficient (Wildman–Crippen LogP) is 6.20. The number of fused-ring (bicyclic) bond motifs is 3. The first-order valence-corrected chi connectivity index (χ1v) is 7.86. The van der Waals surface area contributed by atoms with Crippen LogP contribution in [0.4, 0.5) is 0 Å². The molecule has 102 valence electrons. The van der Waals surface area contributed by atoms with Gasteiger partial charge >= 0.3 is 0 Å². The molecule has 0 aliphatic rings. The Morgan fingerprint density at radius 1 is 0.810 bits per heavy atom. The summed E-state index contributed by atoms with van der Waals surface area (Å²) in [5.41, 5.74) is 3.42. The van der Waals surface area contributed by atoms with E-state index in [2.05, 4.69) is 69.0 Å². The molecule has 3 aromatic carbocycles. The lowest BCUT2D eigenvalue weighted by Gasteiger charge is -2.09. The zero-order chi connectivity index (χ0) is 14.4. The largest absolute Gasteiger partial charge is 0.308 e. The van der Waals surface area contributed by atoms with Gasteiger partial charge in [-0.15, -0.1) is 0 Å². The fraction of sp³-hybridized carbons (Fsp3) is 0. The summed E-state index contributed by atoms with van der Waals surface area (Å²) in [6.07, 6.45) is 0. The maximum atomic E-state index is 6.18. The molecule has 0 spiro atoms. The number of benzene rings is 3. The molecule has 1 heterocycles. The molecule has 0 bridgehead atoms. The van der Waals surface area contributed by atoms with Gasteiger partial charge in [-0.3, -0.25) is 0 Å². The Labute approximate surface area is 135 Å². The Bertz CT molecular complexity index is 971. The van der Waals surface area contributed by atoms with Crippen LogP contribution in [0.5, 0.6) is 0 Å². The van der Waals surface area contributed by atoms with Crippen molar-refractivity contribution in [2.45, 2.75) is 0 Å². The summed E-state index contributed by atoms with van der Waals surface area (Å²) in [4.78, 5) is 0. The number of para-hydroxylation sites is 2. The van der Waals surface area contributed by atoms with Crippen LogP contribution in [0.15, 0.2) is 71.2 Å². The maximum absolute atomic E-state index is 6.18. The Kier molecular flexibility index (Phi) is 3.02. The van der Waals surface area contributed by atoms with E-state index >= 15 is 0 Å². The van der Waals surface area contributed by atoms with Crippen molar-refractivity contribution >= 4 is 49.3 Å². The predicted molar refractivity (Wildman–Crippen MR) is 93.5 cm³/mol. The van der Waals surface area contributed by atoms with Gasteiger partial charge in [0.25, 0.3) is 0 Å². The summed E-state index contributed by atoms with van der Waals surface area (Å²) in [6.45, 7) is 0. The van der Waals surface area contributed by atoms with E-state index in [1.165, 1.54) is 21.8 Å². The van der Waals surface area contributed by atoms with Gasteiger partial charge in [0.05, 0.1) is 11.0 Å². The van der Waals surface area contributed by atoms with Crippen molar-refractivity contribution < 1.29 is 0 Å². The molecule has 0 N–H and O–H groups in total. The quantitative estimate of drug-likeness (QED) is 0.382. The summed E-state index contributed by atoms with van der Waals surface area (Å²) in [6, 6.07) is 22.7. The van der Waals surface area contributed by atoms with Crippen LogP contribution in [0.25, 0.3) is 27.5 Å².